The van der Waals surface area contributed by atoms with Crippen LogP contribution in [-0.2, 0) is 4.79 Å². The highest BCUT2D eigenvalue weighted by Gasteiger charge is 2.09. The average molecular weight is 476 g/mol. The van der Waals surface area contributed by atoms with Gasteiger partial charge in [-0.05, 0) is 51.3 Å². The van der Waals surface area contributed by atoms with Gasteiger partial charge in [0.25, 0.3) is 5.91 Å². The fourth-order valence-corrected chi connectivity index (χ4v) is 4.13. The highest BCUT2D eigenvalue weighted by Crippen LogP contribution is 2.32. The molecule has 0 aromatic heterocycles. The summed E-state index contributed by atoms with van der Waals surface area (Å²) in [6.45, 7) is 1.80. The van der Waals surface area contributed by atoms with Gasteiger partial charge in [0.05, 0.1) is 10.7 Å². The first-order valence-corrected chi connectivity index (χ1v) is 9.51. The number of carbonyl (C=O) groups excluding carboxylic acids is 1. The lowest BCUT2D eigenvalue weighted by molar-refractivity contribution is -0.123. The van der Waals surface area contributed by atoms with Crippen molar-refractivity contribution < 1.29 is 9.53 Å². The lowest BCUT2D eigenvalue weighted by Gasteiger charge is -2.10. The number of ether oxygens (including phenoxy) is 1. The number of rotatable bonds is 5. The Morgan fingerprint density at radius 2 is 1.92 bits per heavy atom. The van der Waals surface area contributed by atoms with E-state index in [-0.39, 0.29) is 12.5 Å². The fraction of sp³-hybridized carbons (Fsp3) is 0.100. The molecule has 0 fully saturated rings. The van der Waals surface area contributed by atoms with Gasteiger partial charge < -0.3 is 4.74 Å². The van der Waals surface area contributed by atoms with E-state index in [0.29, 0.717) is 5.75 Å². The van der Waals surface area contributed by atoms with Crippen LogP contribution in [0.25, 0.3) is 10.8 Å². The molecule has 3 rings (SSSR count). The summed E-state index contributed by atoms with van der Waals surface area (Å²) in [5.41, 5.74) is 4.37. The van der Waals surface area contributed by atoms with Gasteiger partial charge in [0.2, 0.25) is 0 Å². The maximum absolute atomic E-state index is 12.0. The summed E-state index contributed by atoms with van der Waals surface area (Å²) in [7, 11) is 0. The third kappa shape index (κ3) is 4.51. The molecule has 0 aliphatic carbocycles. The van der Waals surface area contributed by atoms with E-state index in [0.717, 1.165) is 30.8 Å². The monoisotopic (exact) mass is 474 g/mol. The Morgan fingerprint density at radius 1 is 1.15 bits per heavy atom. The zero-order valence-electron chi connectivity index (χ0n) is 14.0. The summed E-state index contributed by atoms with van der Waals surface area (Å²) in [6.07, 6.45) is 1.64. The number of benzene rings is 3. The number of hydrogen-bond donors (Lipinski definition) is 1. The molecule has 0 aliphatic heterocycles. The molecule has 0 unspecified atom stereocenters. The molecule has 0 aliphatic rings. The Bertz CT molecular complexity index is 958. The van der Waals surface area contributed by atoms with Crippen molar-refractivity contribution in [3.8, 4) is 5.75 Å². The number of carbonyl (C=O) groups is 1. The van der Waals surface area contributed by atoms with E-state index in [1.165, 1.54) is 0 Å². The standard InChI is InChI=1S/C20H16Br2N2O2/c1-13-9-16(21)10-18(22)20(13)26-12-19(25)24-23-11-15-7-4-6-14-5-2-3-8-17(14)15/h2-11H,12H2,1H3,(H,24,25)/b23-11+. The summed E-state index contributed by atoms with van der Waals surface area (Å²) in [5, 5.41) is 6.25. The van der Waals surface area contributed by atoms with Crippen molar-refractivity contribution in [1.82, 2.24) is 5.43 Å². The number of amides is 1. The quantitative estimate of drug-likeness (QED) is 0.407. The number of halogens is 2. The van der Waals surface area contributed by atoms with Crippen LogP contribution in [0.15, 0.2) is 68.6 Å². The van der Waals surface area contributed by atoms with Gasteiger partial charge in [-0.15, -0.1) is 0 Å². The minimum Gasteiger partial charge on any atom is -0.482 e. The van der Waals surface area contributed by atoms with Crippen LogP contribution in [-0.4, -0.2) is 18.7 Å². The molecule has 3 aromatic rings. The van der Waals surface area contributed by atoms with Gasteiger partial charge in [0.1, 0.15) is 5.75 Å². The molecule has 0 radical (unpaired) electrons. The molecule has 6 heteroatoms. The molecule has 1 amide bonds. The van der Waals surface area contributed by atoms with Gasteiger partial charge in [-0.3, -0.25) is 4.79 Å². The lowest BCUT2D eigenvalue weighted by atomic mass is 10.1. The molecule has 0 spiro atoms. The first-order valence-electron chi connectivity index (χ1n) is 7.92. The molecule has 0 saturated heterocycles. The Hall–Kier alpha value is -2.18. The maximum Gasteiger partial charge on any atom is 0.277 e. The summed E-state index contributed by atoms with van der Waals surface area (Å²) >= 11 is 6.85. The molecule has 0 heterocycles. The van der Waals surface area contributed by atoms with E-state index < -0.39 is 0 Å². The first kappa shape index (κ1) is 18.6. The van der Waals surface area contributed by atoms with E-state index >= 15 is 0 Å². The first-order chi connectivity index (χ1) is 12.5. The van der Waals surface area contributed by atoms with Gasteiger partial charge in [0, 0.05) is 10.0 Å². The van der Waals surface area contributed by atoms with Crippen LogP contribution in [0.1, 0.15) is 11.1 Å². The summed E-state index contributed by atoms with van der Waals surface area (Å²) in [6, 6.07) is 17.8. The Labute approximate surface area is 168 Å². The number of fused-ring (bicyclic) bond motifs is 1. The van der Waals surface area contributed by atoms with Crippen molar-refractivity contribution in [2.45, 2.75) is 6.92 Å². The van der Waals surface area contributed by atoms with Crippen LogP contribution < -0.4 is 10.2 Å². The maximum atomic E-state index is 12.0. The van der Waals surface area contributed by atoms with Crippen LogP contribution in [0.3, 0.4) is 0 Å². The van der Waals surface area contributed by atoms with Crippen molar-refractivity contribution in [1.29, 1.82) is 0 Å². The normalized spacial score (nSPS) is 11.0. The van der Waals surface area contributed by atoms with Crippen LogP contribution in [0.4, 0.5) is 0 Å². The van der Waals surface area contributed by atoms with Gasteiger partial charge in [0.15, 0.2) is 6.61 Å². The van der Waals surface area contributed by atoms with Gasteiger partial charge in [-0.1, -0.05) is 58.4 Å². The zero-order valence-corrected chi connectivity index (χ0v) is 17.2. The molecule has 0 saturated carbocycles. The number of hydrazone groups is 1. The predicted molar refractivity (Wildman–Crippen MR) is 112 cm³/mol. The van der Waals surface area contributed by atoms with Crippen LogP contribution >= 0.6 is 31.9 Å². The molecular formula is C20H16Br2N2O2. The van der Waals surface area contributed by atoms with Crippen molar-refractivity contribution in [3.63, 3.8) is 0 Å². The third-order valence-electron chi connectivity index (χ3n) is 3.76. The summed E-state index contributed by atoms with van der Waals surface area (Å²) in [4.78, 5) is 12.0. The van der Waals surface area contributed by atoms with E-state index in [4.69, 9.17) is 4.74 Å². The van der Waals surface area contributed by atoms with Crippen LogP contribution in [0, 0.1) is 6.92 Å². The largest absolute Gasteiger partial charge is 0.482 e. The minimum atomic E-state index is -0.323. The summed E-state index contributed by atoms with van der Waals surface area (Å²) < 4.78 is 7.34. The van der Waals surface area contributed by atoms with Crippen LogP contribution in [0.2, 0.25) is 0 Å². The molecular weight excluding hydrogens is 460 g/mol. The average Bonchev–Trinajstić information content (AvgIpc) is 2.61. The van der Waals surface area contributed by atoms with Gasteiger partial charge in [-0.25, -0.2) is 5.43 Å². The number of nitrogens with zero attached hydrogens (tertiary/aromatic N) is 1. The van der Waals surface area contributed by atoms with Crippen LogP contribution in [0.5, 0.6) is 5.75 Å². The Balaban J connectivity index is 1.61. The van der Waals surface area contributed by atoms with Gasteiger partial charge in [-0.2, -0.15) is 5.10 Å². The molecule has 132 valence electrons. The van der Waals surface area contributed by atoms with Crippen molar-refractivity contribution >= 4 is 54.8 Å². The predicted octanol–water partition coefficient (Wildman–Crippen LogP) is 5.20. The molecule has 0 atom stereocenters. The molecule has 1 N–H and O–H groups in total. The van der Waals surface area contributed by atoms with E-state index in [1.807, 2.05) is 61.5 Å². The second-order valence-corrected chi connectivity index (χ2v) is 7.45. The van der Waals surface area contributed by atoms with Crippen molar-refractivity contribution in [3.05, 3.63) is 74.7 Å². The number of hydrogen-bond acceptors (Lipinski definition) is 3. The number of aryl methyl sites for hydroxylation is 1. The third-order valence-corrected chi connectivity index (χ3v) is 4.80. The molecule has 4 nitrogen and oxygen atoms in total. The van der Waals surface area contributed by atoms with E-state index in [9.17, 15) is 4.79 Å². The van der Waals surface area contributed by atoms with E-state index in [2.05, 4.69) is 42.4 Å². The molecule has 26 heavy (non-hydrogen) atoms. The SMILES string of the molecule is Cc1cc(Br)cc(Br)c1OCC(=O)N/N=C/c1cccc2ccccc12. The summed E-state index contributed by atoms with van der Waals surface area (Å²) in [5.74, 6) is 0.317. The Kier molecular flexibility index (Phi) is 6.06. The topological polar surface area (TPSA) is 50.7 Å². The highest BCUT2D eigenvalue weighted by atomic mass is 79.9. The van der Waals surface area contributed by atoms with Gasteiger partial charge >= 0.3 is 0 Å². The smallest absolute Gasteiger partial charge is 0.277 e. The van der Waals surface area contributed by atoms with Crippen molar-refractivity contribution in [2.24, 2.45) is 5.10 Å². The van der Waals surface area contributed by atoms with E-state index in [1.54, 1.807) is 6.21 Å². The lowest BCUT2D eigenvalue weighted by Crippen LogP contribution is -2.24. The number of nitrogens with one attached hydrogen (secondary N) is 1. The second-order valence-electron chi connectivity index (χ2n) is 5.68. The second kappa shape index (κ2) is 8.47. The highest BCUT2D eigenvalue weighted by molar-refractivity contribution is 9.11. The minimum absolute atomic E-state index is 0.117. The molecule has 0 bridgehead atoms. The molecule has 3 aromatic carbocycles. The fourth-order valence-electron chi connectivity index (χ4n) is 2.58. The van der Waals surface area contributed by atoms with Crippen molar-refractivity contribution in [2.75, 3.05) is 6.61 Å². The Morgan fingerprint density at radius 3 is 2.73 bits per heavy atom. The zero-order chi connectivity index (χ0) is 18.5.